The first-order valence-corrected chi connectivity index (χ1v) is 13.0. The first-order chi connectivity index (χ1) is 16.4. The van der Waals surface area contributed by atoms with Crippen LogP contribution in [-0.4, -0.2) is 46.5 Å². The number of fused-ring (bicyclic) bond motifs is 1. The van der Waals surface area contributed by atoms with Gasteiger partial charge in [-0.05, 0) is 62.1 Å². The number of rotatable bonds is 5. The van der Waals surface area contributed by atoms with Gasteiger partial charge in [0.1, 0.15) is 11.6 Å². The second kappa shape index (κ2) is 9.27. The van der Waals surface area contributed by atoms with Gasteiger partial charge in [0.25, 0.3) is 5.91 Å². The summed E-state index contributed by atoms with van der Waals surface area (Å²) >= 11 is 0. The predicted octanol–water partition coefficient (Wildman–Crippen LogP) is 3.85. The Kier molecular flexibility index (Phi) is 6.18. The number of hydrogen-bond donors (Lipinski definition) is 1. The van der Waals surface area contributed by atoms with Crippen LogP contribution in [0, 0.1) is 5.82 Å². The van der Waals surface area contributed by atoms with Crippen LogP contribution in [0.2, 0.25) is 0 Å². The SMILES string of the molecule is O=C(Nc1ccc(F)c(-c2nnc3n2CCCCC3)c1)c1cccc(S(=O)(=O)N2CCCC2)c1. The monoisotopic (exact) mass is 483 g/mol. The molecule has 5 rings (SSSR count). The van der Waals surface area contributed by atoms with Crippen molar-refractivity contribution in [2.45, 2.75) is 50.0 Å². The maximum atomic E-state index is 14.7. The number of halogens is 1. The van der Waals surface area contributed by atoms with Crippen molar-refractivity contribution in [3.05, 3.63) is 59.7 Å². The number of nitrogens with zero attached hydrogens (tertiary/aromatic N) is 4. The summed E-state index contributed by atoms with van der Waals surface area (Å²) in [4.78, 5) is 13.0. The van der Waals surface area contributed by atoms with Gasteiger partial charge in [0.05, 0.1) is 10.5 Å². The third-order valence-electron chi connectivity index (χ3n) is 6.37. The molecule has 0 bridgehead atoms. The molecule has 10 heteroatoms. The number of carbonyl (C=O) groups excluding carboxylic acids is 1. The Morgan fingerprint density at radius 2 is 1.74 bits per heavy atom. The topological polar surface area (TPSA) is 97.2 Å². The van der Waals surface area contributed by atoms with Crippen molar-refractivity contribution in [2.75, 3.05) is 18.4 Å². The number of aryl methyl sites for hydroxylation is 1. The summed E-state index contributed by atoms with van der Waals surface area (Å²) in [5, 5.41) is 11.2. The first kappa shape index (κ1) is 22.7. The van der Waals surface area contributed by atoms with Crippen molar-refractivity contribution in [1.82, 2.24) is 19.1 Å². The van der Waals surface area contributed by atoms with Crippen molar-refractivity contribution < 1.29 is 17.6 Å². The van der Waals surface area contributed by atoms with Crippen molar-refractivity contribution >= 4 is 21.6 Å². The number of sulfonamides is 1. The summed E-state index contributed by atoms with van der Waals surface area (Å²) in [7, 11) is -3.64. The van der Waals surface area contributed by atoms with Gasteiger partial charge in [-0.25, -0.2) is 12.8 Å². The molecule has 0 saturated carbocycles. The van der Waals surface area contributed by atoms with Gasteiger partial charge in [0.15, 0.2) is 5.82 Å². The fourth-order valence-electron chi connectivity index (χ4n) is 4.54. The number of carbonyl (C=O) groups is 1. The van der Waals surface area contributed by atoms with Crippen molar-refractivity contribution in [1.29, 1.82) is 0 Å². The maximum Gasteiger partial charge on any atom is 0.255 e. The number of benzene rings is 2. The Balaban J connectivity index is 1.40. The van der Waals surface area contributed by atoms with E-state index in [1.807, 2.05) is 4.57 Å². The molecule has 0 unspecified atom stereocenters. The number of nitrogens with one attached hydrogen (secondary N) is 1. The third kappa shape index (κ3) is 4.35. The molecule has 1 aromatic heterocycles. The molecule has 178 valence electrons. The number of anilines is 1. The highest BCUT2D eigenvalue weighted by atomic mass is 32.2. The molecule has 1 fully saturated rings. The lowest BCUT2D eigenvalue weighted by Crippen LogP contribution is -2.28. The van der Waals surface area contributed by atoms with Gasteiger partial charge >= 0.3 is 0 Å². The molecular weight excluding hydrogens is 457 g/mol. The Hall–Kier alpha value is -3.11. The molecule has 0 spiro atoms. The summed E-state index contributed by atoms with van der Waals surface area (Å²) in [6, 6.07) is 10.3. The van der Waals surface area contributed by atoms with E-state index in [0.717, 1.165) is 50.9 Å². The zero-order chi connectivity index (χ0) is 23.7. The first-order valence-electron chi connectivity index (χ1n) is 11.6. The minimum atomic E-state index is -3.64. The molecule has 1 N–H and O–H groups in total. The van der Waals surface area contributed by atoms with Crippen molar-refractivity contribution in [2.24, 2.45) is 0 Å². The fourth-order valence-corrected chi connectivity index (χ4v) is 6.10. The third-order valence-corrected chi connectivity index (χ3v) is 8.27. The zero-order valence-electron chi connectivity index (χ0n) is 18.7. The summed E-state index contributed by atoms with van der Waals surface area (Å²) in [6.07, 6.45) is 5.58. The number of amides is 1. The lowest BCUT2D eigenvalue weighted by Gasteiger charge is -2.16. The normalized spacial score (nSPS) is 16.7. The highest BCUT2D eigenvalue weighted by molar-refractivity contribution is 7.89. The summed E-state index contributed by atoms with van der Waals surface area (Å²) in [6.45, 7) is 1.71. The quantitative estimate of drug-likeness (QED) is 0.595. The molecule has 1 amide bonds. The van der Waals surface area contributed by atoms with E-state index < -0.39 is 21.7 Å². The average molecular weight is 484 g/mol. The average Bonchev–Trinajstić information content (AvgIpc) is 3.47. The molecule has 2 aliphatic rings. The van der Waals surface area contributed by atoms with Gasteiger partial charge in [-0.3, -0.25) is 4.79 Å². The van der Waals surface area contributed by atoms with Gasteiger partial charge < -0.3 is 9.88 Å². The standard InChI is InChI=1S/C24H26FN5O3S/c25-21-11-10-18(16-20(21)23-28-27-22-9-2-1-3-14-30(22)23)26-24(31)17-7-6-8-19(15-17)34(32,33)29-12-4-5-13-29/h6-8,10-11,15-16H,1-5,9,12-14H2,(H,26,31). The largest absolute Gasteiger partial charge is 0.322 e. The van der Waals surface area contributed by atoms with Crippen molar-refractivity contribution in [3.8, 4) is 11.4 Å². The Bertz CT molecular complexity index is 1330. The van der Waals surface area contributed by atoms with Crippen molar-refractivity contribution in [3.63, 3.8) is 0 Å². The number of hydrogen-bond acceptors (Lipinski definition) is 5. The molecule has 1 saturated heterocycles. The lowest BCUT2D eigenvalue weighted by molar-refractivity contribution is 0.102. The van der Waals surface area contributed by atoms with E-state index in [1.54, 1.807) is 18.2 Å². The molecule has 8 nitrogen and oxygen atoms in total. The van der Waals surface area contributed by atoms with Crippen LogP contribution < -0.4 is 5.32 Å². The Morgan fingerprint density at radius 3 is 2.56 bits per heavy atom. The lowest BCUT2D eigenvalue weighted by atomic mass is 10.1. The highest BCUT2D eigenvalue weighted by Crippen LogP contribution is 2.28. The van der Waals surface area contributed by atoms with E-state index in [-0.39, 0.29) is 16.0 Å². The molecular formula is C24H26FN5O3S. The summed E-state index contributed by atoms with van der Waals surface area (Å²) < 4.78 is 43.8. The van der Waals surface area contributed by atoms with Crippen LogP contribution in [0.1, 0.15) is 48.3 Å². The second-order valence-corrected chi connectivity index (χ2v) is 10.6. The molecule has 2 aromatic carbocycles. The van der Waals surface area contributed by atoms with Crippen LogP contribution in [0.15, 0.2) is 47.4 Å². The van der Waals surface area contributed by atoms with Gasteiger partial charge in [-0.1, -0.05) is 12.5 Å². The Morgan fingerprint density at radius 1 is 0.941 bits per heavy atom. The van der Waals surface area contributed by atoms with Crippen LogP contribution in [0.4, 0.5) is 10.1 Å². The molecule has 3 heterocycles. The van der Waals surface area contributed by atoms with E-state index in [1.165, 1.54) is 28.6 Å². The van der Waals surface area contributed by atoms with Gasteiger partial charge in [-0.2, -0.15) is 4.31 Å². The van der Waals surface area contributed by atoms with Crippen LogP contribution in [0.5, 0.6) is 0 Å². The van der Waals surface area contributed by atoms with E-state index in [9.17, 15) is 17.6 Å². The minimum Gasteiger partial charge on any atom is -0.322 e. The van der Waals surface area contributed by atoms with Gasteiger partial charge in [0.2, 0.25) is 10.0 Å². The maximum absolute atomic E-state index is 14.7. The minimum absolute atomic E-state index is 0.0907. The zero-order valence-corrected chi connectivity index (χ0v) is 19.5. The predicted molar refractivity (Wildman–Crippen MR) is 125 cm³/mol. The van der Waals surface area contributed by atoms with Crippen LogP contribution in [0.25, 0.3) is 11.4 Å². The van der Waals surface area contributed by atoms with E-state index in [4.69, 9.17) is 0 Å². The molecule has 0 radical (unpaired) electrons. The van der Waals surface area contributed by atoms with Crippen LogP contribution in [-0.2, 0) is 23.0 Å². The van der Waals surface area contributed by atoms with Gasteiger partial charge in [-0.15, -0.1) is 10.2 Å². The number of aromatic nitrogens is 3. The molecule has 0 aliphatic carbocycles. The van der Waals surface area contributed by atoms with Gasteiger partial charge in [0, 0.05) is 37.3 Å². The molecule has 2 aliphatic heterocycles. The summed E-state index contributed by atoms with van der Waals surface area (Å²) in [5.74, 6) is 0.369. The molecule has 0 atom stereocenters. The van der Waals surface area contributed by atoms with Crippen LogP contribution in [0.3, 0.4) is 0 Å². The van der Waals surface area contributed by atoms with E-state index in [2.05, 4.69) is 15.5 Å². The summed E-state index contributed by atoms with van der Waals surface area (Å²) in [5.41, 5.74) is 0.867. The second-order valence-electron chi connectivity index (χ2n) is 8.69. The van der Waals surface area contributed by atoms with Crippen LogP contribution >= 0.6 is 0 Å². The van der Waals surface area contributed by atoms with E-state index >= 15 is 0 Å². The molecule has 34 heavy (non-hydrogen) atoms. The smallest absolute Gasteiger partial charge is 0.255 e. The Labute approximate surface area is 197 Å². The molecule has 3 aromatic rings. The highest BCUT2D eigenvalue weighted by Gasteiger charge is 2.27. The van der Waals surface area contributed by atoms with E-state index in [0.29, 0.717) is 24.6 Å². The fraction of sp³-hybridized carbons (Fsp3) is 0.375.